The number of rotatable bonds is 5. The van der Waals surface area contributed by atoms with Crippen LogP contribution in [0.2, 0.25) is 0 Å². The third-order valence-corrected chi connectivity index (χ3v) is 2.96. The fourth-order valence-electron chi connectivity index (χ4n) is 1.77. The molecule has 0 aromatic carbocycles. The van der Waals surface area contributed by atoms with Crippen LogP contribution in [0.1, 0.15) is 25.7 Å². The number of ether oxygens (including phenoxy) is 1. The Morgan fingerprint density at radius 1 is 1.46 bits per heavy atom. The summed E-state index contributed by atoms with van der Waals surface area (Å²) in [5, 5.41) is 13.2. The standard InChI is InChI=1S/C10H19NO2/c12-10(4-6-13-8-10)7-11-5-3-9-1-2-9/h9,11-12H,1-8H2. The lowest BCUT2D eigenvalue weighted by Gasteiger charge is -2.20. The van der Waals surface area contributed by atoms with Gasteiger partial charge in [0, 0.05) is 19.6 Å². The van der Waals surface area contributed by atoms with Crippen LogP contribution in [0, 0.1) is 5.92 Å². The van der Waals surface area contributed by atoms with Crippen molar-refractivity contribution in [2.45, 2.75) is 31.3 Å². The van der Waals surface area contributed by atoms with Crippen LogP contribution in [-0.2, 0) is 4.74 Å². The van der Waals surface area contributed by atoms with Crippen molar-refractivity contribution in [3.05, 3.63) is 0 Å². The van der Waals surface area contributed by atoms with Crippen molar-refractivity contribution in [1.29, 1.82) is 0 Å². The van der Waals surface area contributed by atoms with E-state index in [1.54, 1.807) is 0 Å². The summed E-state index contributed by atoms with van der Waals surface area (Å²) in [5.41, 5.74) is -0.580. The van der Waals surface area contributed by atoms with E-state index >= 15 is 0 Å². The van der Waals surface area contributed by atoms with Gasteiger partial charge in [0.1, 0.15) is 5.60 Å². The highest BCUT2D eigenvalue weighted by Crippen LogP contribution is 2.31. The molecule has 0 bridgehead atoms. The predicted octanol–water partition coefficient (Wildman–Crippen LogP) is 0.527. The van der Waals surface area contributed by atoms with Crippen molar-refractivity contribution in [3.8, 4) is 0 Å². The number of hydrogen-bond donors (Lipinski definition) is 2. The summed E-state index contributed by atoms with van der Waals surface area (Å²) in [7, 11) is 0. The van der Waals surface area contributed by atoms with Gasteiger partial charge in [0.25, 0.3) is 0 Å². The van der Waals surface area contributed by atoms with Gasteiger partial charge in [0.15, 0.2) is 0 Å². The monoisotopic (exact) mass is 185 g/mol. The molecule has 2 N–H and O–H groups in total. The first-order valence-electron chi connectivity index (χ1n) is 5.29. The second-order valence-corrected chi connectivity index (χ2v) is 4.44. The Morgan fingerprint density at radius 2 is 2.31 bits per heavy atom. The Labute approximate surface area is 79.5 Å². The van der Waals surface area contributed by atoms with Gasteiger partial charge in [-0.25, -0.2) is 0 Å². The molecular formula is C10H19NO2. The summed E-state index contributed by atoms with van der Waals surface area (Å²) in [5.74, 6) is 0.974. The van der Waals surface area contributed by atoms with Gasteiger partial charge in [-0.3, -0.25) is 0 Å². The number of hydrogen-bond acceptors (Lipinski definition) is 3. The van der Waals surface area contributed by atoms with E-state index in [-0.39, 0.29) is 0 Å². The van der Waals surface area contributed by atoms with E-state index in [2.05, 4.69) is 5.32 Å². The van der Waals surface area contributed by atoms with Crippen LogP contribution in [0.4, 0.5) is 0 Å². The molecule has 1 saturated heterocycles. The van der Waals surface area contributed by atoms with E-state index in [9.17, 15) is 5.11 Å². The van der Waals surface area contributed by atoms with Gasteiger partial charge >= 0.3 is 0 Å². The maximum absolute atomic E-state index is 9.88. The zero-order chi connectivity index (χ0) is 9.15. The van der Waals surface area contributed by atoms with Crippen LogP contribution in [0.25, 0.3) is 0 Å². The molecule has 0 aromatic rings. The SMILES string of the molecule is OC1(CNCCC2CC2)CCOC1. The molecule has 2 rings (SSSR count). The van der Waals surface area contributed by atoms with E-state index in [4.69, 9.17) is 4.74 Å². The van der Waals surface area contributed by atoms with Gasteiger partial charge in [0.05, 0.1) is 6.61 Å². The molecule has 1 unspecified atom stereocenters. The minimum Gasteiger partial charge on any atom is -0.386 e. The summed E-state index contributed by atoms with van der Waals surface area (Å²) < 4.78 is 5.16. The second-order valence-electron chi connectivity index (χ2n) is 4.44. The van der Waals surface area contributed by atoms with Gasteiger partial charge in [0.2, 0.25) is 0 Å². The van der Waals surface area contributed by atoms with Gasteiger partial charge in [-0.15, -0.1) is 0 Å². The molecule has 2 fully saturated rings. The first kappa shape index (κ1) is 9.44. The fraction of sp³-hybridized carbons (Fsp3) is 1.00. The Hall–Kier alpha value is -0.120. The minimum atomic E-state index is -0.580. The molecule has 2 aliphatic rings. The smallest absolute Gasteiger partial charge is 0.102 e. The Bertz CT molecular complexity index is 162. The topological polar surface area (TPSA) is 41.5 Å². The Kier molecular flexibility index (Phi) is 2.86. The van der Waals surface area contributed by atoms with Crippen LogP contribution < -0.4 is 5.32 Å². The zero-order valence-electron chi connectivity index (χ0n) is 8.09. The van der Waals surface area contributed by atoms with E-state index in [1.165, 1.54) is 19.3 Å². The second kappa shape index (κ2) is 3.95. The lowest BCUT2D eigenvalue weighted by atomic mass is 10.0. The lowest BCUT2D eigenvalue weighted by molar-refractivity contribution is 0.0271. The molecule has 3 heteroatoms. The highest BCUT2D eigenvalue weighted by molar-refractivity contribution is 4.85. The van der Waals surface area contributed by atoms with Crippen molar-refractivity contribution >= 4 is 0 Å². The Morgan fingerprint density at radius 3 is 2.92 bits per heavy atom. The number of nitrogens with one attached hydrogen (secondary N) is 1. The maximum Gasteiger partial charge on any atom is 0.102 e. The van der Waals surface area contributed by atoms with Crippen molar-refractivity contribution in [2.24, 2.45) is 5.92 Å². The quantitative estimate of drug-likeness (QED) is 0.614. The van der Waals surface area contributed by atoms with Crippen LogP contribution in [0.3, 0.4) is 0 Å². The predicted molar refractivity (Wildman–Crippen MR) is 50.6 cm³/mol. The van der Waals surface area contributed by atoms with E-state index in [0.717, 1.165) is 18.9 Å². The molecule has 0 amide bonds. The molecule has 13 heavy (non-hydrogen) atoms. The van der Waals surface area contributed by atoms with Crippen LogP contribution in [0.5, 0.6) is 0 Å². The summed E-state index contributed by atoms with van der Waals surface area (Å²) in [6.07, 6.45) is 4.88. The normalized spacial score (nSPS) is 33.9. The average molecular weight is 185 g/mol. The fourth-order valence-corrected chi connectivity index (χ4v) is 1.77. The molecule has 1 heterocycles. The van der Waals surface area contributed by atoms with Gasteiger partial charge < -0.3 is 15.2 Å². The van der Waals surface area contributed by atoms with Crippen molar-refractivity contribution < 1.29 is 9.84 Å². The van der Waals surface area contributed by atoms with E-state index < -0.39 is 5.60 Å². The van der Waals surface area contributed by atoms with Gasteiger partial charge in [-0.05, 0) is 18.9 Å². The van der Waals surface area contributed by atoms with Crippen molar-refractivity contribution in [2.75, 3.05) is 26.3 Å². The summed E-state index contributed by atoms with van der Waals surface area (Å²) >= 11 is 0. The van der Waals surface area contributed by atoms with Crippen LogP contribution in [0.15, 0.2) is 0 Å². The molecule has 0 spiro atoms. The molecule has 1 aliphatic carbocycles. The van der Waals surface area contributed by atoms with Gasteiger partial charge in [-0.2, -0.15) is 0 Å². The highest BCUT2D eigenvalue weighted by Gasteiger charge is 2.31. The van der Waals surface area contributed by atoms with Crippen molar-refractivity contribution in [1.82, 2.24) is 5.32 Å². The number of aliphatic hydroxyl groups is 1. The first-order valence-corrected chi connectivity index (χ1v) is 5.29. The molecule has 3 nitrogen and oxygen atoms in total. The molecular weight excluding hydrogens is 166 g/mol. The average Bonchev–Trinajstić information content (AvgIpc) is 2.84. The molecule has 0 radical (unpaired) electrons. The first-order chi connectivity index (χ1) is 6.29. The largest absolute Gasteiger partial charge is 0.386 e. The lowest BCUT2D eigenvalue weighted by Crippen LogP contribution is -2.41. The van der Waals surface area contributed by atoms with Crippen molar-refractivity contribution in [3.63, 3.8) is 0 Å². The Balaban J connectivity index is 1.55. The highest BCUT2D eigenvalue weighted by atomic mass is 16.5. The van der Waals surface area contributed by atoms with E-state index in [0.29, 0.717) is 19.8 Å². The maximum atomic E-state index is 9.88. The minimum absolute atomic E-state index is 0.503. The van der Waals surface area contributed by atoms with Gasteiger partial charge in [-0.1, -0.05) is 12.8 Å². The van der Waals surface area contributed by atoms with E-state index in [1.807, 2.05) is 0 Å². The molecule has 0 aromatic heterocycles. The van der Waals surface area contributed by atoms with Crippen LogP contribution in [-0.4, -0.2) is 37.0 Å². The molecule has 1 atom stereocenters. The summed E-state index contributed by atoms with van der Waals surface area (Å²) in [6, 6.07) is 0. The molecule has 1 aliphatic heterocycles. The molecule has 1 saturated carbocycles. The molecule has 76 valence electrons. The third-order valence-electron chi connectivity index (χ3n) is 2.96. The summed E-state index contributed by atoms with van der Waals surface area (Å²) in [4.78, 5) is 0. The zero-order valence-corrected chi connectivity index (χ0v) is 8.09. The van der Waals surface area contributed by atoms with Crippen LogP contribution >= 0.6 is 0 Å². The third kappa shape index (κ3) is 2.93. The summed E-state index contributed by atoms with van der Waals surface area (Å²) in [6.45, 7) is 2.96.